The van der Waals surface area contributed by atoms with Gasteiger partial charge in [-0.05, 0) is 31.9 Å². The normalized spacial score (nSPS) is 27.4. The van der Waals surface area contributed by atoms with Crippen LogP contribution in [0.3, 0.4) is 0 Å². The van der Waals surface area contributed by atoms with E-state index in [1.165, 1.54) is 0 Å². The molecular formula is C16H22N2O3. The van der Waals surface area contributed by atoms with E-state index in [1.807, 2.05) is 11.8 Å². The maximum atomic E-state index is 12.4. The highest BCUT2D eigenvalue weighted by atomic mass is 16.5. The Bertz CT molecular complexity index is 496. The Morgan fingerprint density at radius 1 is 1.52 bits per heavy atom. The summed E-state index contributed by atoms with van der Waals surface area (Å²) in [4.78, 5) is 18.3. The number of aliphatic hydroxyl groups excluding tert-OH is 1. The van der Waals surface area contributed by atoms with Gasteiger partial charge < -0.3 is 14.7 Å². The van der Waals surface area contributed by atoms with Crippen molar-refractivity contribution in [3.63, 3.8) is 0 Å². The molecule has 0 aromatic carbocycles. The molecule has 1 aromatic rings. The van der Waals surface area contributed by atoms with Crippen LogP contribution in [-0.4, -0.2) is 52.8 Å². The minimum Gasteiger partial charge on any atom is -0.392 e. The van der Waals surface area contributed by atoms with Crippen LogP contribution in [0.25, 0.3) is 0 Å². The molecule has 2 aliphatic rings. The maximum Gasteiger partial charge on any atom is 0.255 e. The fraction of sp³-hybridized carbons (Fsp3) is 0.625. The van der Waals surface area contributed by atoms with Crippen molar-refractivity contribution in [1.82, 2.24) is 9.88 Å². The third-order valence-electron chi connectivity index (χ3n) is 5.00. The zero-order chi connectivity index (χ0) is 14.9. The number of carbonyl (C=O) groups is 1. The van der Waals surface area contributed by atoms with Gasteiger partial charge in [-0.3, -0.25) is 9.78 Å². The Hall–Kier alpha value is -1.46. The lowest BCUT2D eigenvalue weighted by Gasteiger charge is -2.56. The van der Waals surface area contributed by atoms with E-state index in [-0.39, 0.29) is 23.5 Å². The molecule has 0 radical (unpaired) electrons. The van der Waals surface area contributed by atoms with E-state index in [9.17, 15) is 9.90 Å². The molecule has 5 nitrogen and oxygen atoms in total. The van der Waals surface area contributed by atoms with Crippen LogP contribution in [0, 0.1) is 5.41 Å². The van der Waals surface area contributed by atoms with Crippen molar-refractivity contribution < 1.29 is 14.6 Å². The Morgan fingerprint density at radius 3 is 2.86 bits per heavy atom. The van der Waals surface area contributed by atoms with E-state index in [0.717, 1.165) is 19.3 Å². The molecular weight excluding hydrogens is 268 g/mol. The average molecular weight is 290 g/mol. The van der Waals surface area contributed by atoms with Crippen molar-refractivity contribution in [2.45, 2.75) is 38.4 Å². The van der Waals surface area contributed by atoms with Crippen LogP contribution in [0.4, 0.5) is 0 Å². The van der Waals surface area contributed by atoms with Gasteiger partial charge in [-0.15, -0.1) is 0 Å². The lowest BCUT2D eigenvalue weighted by molar-refractivity contribution is -0.207. The summed E-state index contributed by atoms with van der Waals surface area (Å²) in [5, 5.41) is 10.2. The molecule has 1 saturated heterocycles. The first-order valence-corrected chi connectivity index (χ1v) is 7.66. The van der Waals surface area contributed by atoms with E-state index in [0.29, 0.717) is 25.3 Å². The van der Waals surface area contributed by atoms with Gasteiger partial charge in [0.1, 0.15) is 0 Å². The third-order valence-corrected chi connectivity index (χ3v) is 5.00. The highest BCUT2D eigenvalue weighted by molar-refractivity contribution is 5.93. The highest BCUT2D eigenvalue weighted by Crippen LogP contribution is 2.51. The molecule has 3 rings (SSSR count). The number of rotatable bonds is 3. The first-order chi connectivity index (χ1) is 10.2. The molecule has 2 heterocycles. The van der Waals surface area contributed by atoms with Crippen LogP contribution in [0.5, 0.6) is 0 Å². The number of likely N-dealkylation sites (tertiary alicyclic amines) is 1. The van der Waals surface area contributed by atoms with Crippen molar-refractivity contribution in [2.75, 3.05) is 19.7 Å². The van der Waals surface area contributed by atoms with Crippen LogP contribution in [0.2, 0.25) is 0 Å². The molecule has 1 aromatic heterocycles. The van der Waals surface area contributed by atoms with E-state index in [4.69, 9.17) is 4.74 Å². The van der Waals surface area contributed by atoms with Crippen LogP contribution >= 0.6 is 0 Å². The summed E-state index contributed by atoms with van der Waals surface area (Å²) >= 11 is 0. The molecule has 2 fully saturated rings. The number of carbonyl (C=O) groups excluding carboxylic acids is 1. The van der Waals surface area contributed by atoms with Gasteiger partial charge in [-0.25, -0.2) is 0 Å². The first-order valence-electron chi connectivity index (χ1n) is 7.66. The largest absolute Gasteiger partial charge is 0.392 e. The third kappa shape index (κ3) is 2.45. The quantitative estimate of drug-likeness (QED) is 0.916. The van der Waals surface area contributed by atoms with Crippen molar-refractivity contribution in [3.05, 3.63) is 30.1 Å². The smallest absolute Gasteiger partial charge is 0.255 e. The fourth-order valence-electron chi connectivity index (χ4n) is 3.61. The Balaban J connectivity index is 1.64. The van der Waals surface area contributed by atoms with Crippen molar-refractivity contribution in [1.29, 1.82) is 0 Å². The minimum absolute atomic E-state index is 0.0275. The van der Waals surface area contributed by atoms with Gasteiger partial charge in [-0.2, -0.15) is 0 Å². The Labute approximate surface area is 124 Å². The molecule has 1 aliphatic carbocycles. The van der Waals surface area contributed by atoms with Crippen LogP contribution < -0.4 is 0 Å². The number of ether oxygens (including phenoxy) is 1. The number of hydrogen-bond donors (Lipinski definition) is 1. The number of aromatic nitrogens is 1. The number of amides is 1. The number of nitrogens with zero attached hydrogens (tertiary/aromatic N) is 2. The summed E-state index contributed by atoms with van der Waals surface area (Å²) in [5.74, 6) is 0.0275. The number of piperidine rings is 1. The molecule has 1 saturated carbocycles. The summed E-state index contributed by atoms with van der Waals surface area (Å²) in [6.07, 6.45) is 5.48. The zero-order valence-corrected chi connectivity index (χ0v) is 12.4. The van der Waals surface area contributed by atoms with Crippen molar-refractivity contribution in [2.24, 2.45) is 5.41 Å². The molecule has 21 heavy (non-hydrogen) atoms. The molecule has 0 unspecified atom stereocenters. The molecule has 1 spiro atoms. The van der Waals surface area contributed by atoms with Crippen LogP contribution in [-0.2, 0) is 4.74 Å². The van der Waals surface area contributed by atoms with Crippen LogP contribution in [0.1, 0.15) is 36.5 Å². The van der Waals surface area contributed by atoms with Gasteiger partial charge in [0.05, 0.1) is 17.8 Å². The van der Waals surface area contributed by atoms with Gasteiger partial charge in [0.2, 0.25) is 0 Å². The second-order valence-electron chi connectivity index (χ2n) is 5.96. The highest BCUT2D eigenvalue weighted by Gasteiger charge is 2.56. The van der Waals surface area contributed by atoms with Crippen molar-refractivity contribution >= 4 is 5.91 Å². The zero-order valence-electron chi connectivity index (χ0n) is 12.4. The van der Waals surface area contributed by atoms with E-state index in [2.05, 4.69) is 4.98 Å². The van der Waals surface area contributed by atoms with Crippen molar-refractivity contribution in [3.8, 4) is 0 Å². The maximum absolute atomic E-state index is 12.4. The number of hydrogen-bond acceptors (Lipinski definition) is 4. The standard InChI is InChI=1S/C16H22N2O3/c1-2-21-14-10-13(19)16(14)5-8-18(9-6-16)15(20)12-4-3-7-17-11-12/h3-4,7,11,13-14,19H,2,5-6,8-10H2,1H3/t13-,14-/m0/s1. The molecule has 1 amide bonds. The second-order valence-corrected chi connectivity index (χ2v) is 5.96. The summed E-state index contributed by atoms with van der Waals surface area (Å²) in [7, 11) is 0. The van der Waals surface area contributed by atoms with E-state index < -0.39 is 0 Å². The minimum atomic E-state index is -0.287. The van der Waals surface area contributed by atoms with Gasteiger partial charge in [0.25, 0.3) is 5.91 Å². The number of aliphatic hydroxyl groups is 1. The fourth-order valence-corrected chi connectivity index (χ4v) is 3.61. The summed E-state index contributed by atoms with van der Waals surface area (Å²) < 4.78 is 5.75. The molecule has 5 heteroatoms. The predicted octanol–water partition coefficient (Wildman–Crippen LogP) is 1.47. The SMILES string of the molecule is CCO[C@H]1C[C@H](O)C12CCN(C(=O)c1cccnc1)CC2. The Morgan fingerprint density at radius 2 is 2.29 bits per heavy atom. The molecule has 0 bridgehead atoms. The van der Waals surface area contributed by atoms with Gasteiger partial charge >= 0.3 is 0 Å². The monoisotopic (exact) mass is 290 g/mol. The topological polar surface area (TPSA) is 62.7 Å². The van der Waals surface area contributed by atoms with Gasteiger partial charge in [0.15, 0.2) is 0 Å². The van der Waals surface area contributed by atoms with Gasteiger partial charge in [0, 0.05) is 43.9 Å². The summed E-state index contributed by atoms with van der Waals surface area (Å²) in [5.41, 5.74) is 0.491. The molecule has 1 aliphatic heterocycles. The van der Waals surface area contributed by atoms with Crippen LogP contribution in [0.15, 0.2) is 24.5 Å². The van der Waals surface area contributed by atoms with E-state index in [1.54, 1.807) is 24.5 Å². The van der Waals surface area contributed by atoms with E-state index >= 15 is 0 Å². The predicted molar refractivity (Wildman–Crippen MR) is 77.8 cm³/mol. The Kier molecular flexibility index (Phi) is 3.95. The molecule has 1 N–H and O–H groups in total. The first kappa shape index (κ1) is 14.5. The number of pyridine rings is 1. The second kappa shape index (κ2) is 5.73. The molecule has 114 valence electrons. The molecule has 2 atom stereocenters. The summed E-state index contributed by atoms with van der Waals surface area (Å²) in [6.45, 7) is 4.01. The summed E-state index contributed by atoms with van der Waals surface area (Å²) in [6, 6.07) is 3.57. The lowest BCUT2D eigenvalue weighted by atomic mass is 9.58. The van der Waals surface area contributed by atoms with Gasteiger partial charge in [-0.1, -0.05) is 0 Å². The lowest BCUT2D eigenvalue weighted by Crippen LogP contribution is -2.62. The average Bonchev–Trinajstić information content (AvgIpc) is 2.55.